The van der Waals surface area contributed by atoms with Crippen molar-refractivity contribution < 1.29 is 14.6 Å². The first-order valence-electron chi connectivity index (χ1n) is 4.38. The summed E-state index contributed by atoms with van der Waals surface area (Å²) in [4.78, 5) is 15.1. The lowest BCUT2D eigenvalue weighted by Gasteiger charge is -2.01. The Morgan fingerprint density at radius 3 is 2.87 bits per heavy atom. The molecule has 0 fully saturated rings. The molecule has 0 amide bonds. The maximum Gasteiger partial charge on any atom is 0.337 e. The van der Waals surface area contributed by atoms with Crippen molar-refractivity contribution in [2.24, 2.45) is 7.05 Å². The average Bonchev–Trinajstić information content (AvgIpc) is 2.55. The lowest BCUT2D eigenvalue weighted by atomic mass is 10.2. The van der Waals surface area contributed by atoms with E-state index in [-0.39, 0.29) is 5.56 Å². The Balaban J connectivity index is 2.84. The molecule has 5 nitrogen and oxygen atoms in total. The van der Waals surface area contributed by atoms with E-state index >= 15 is 0 Å². The predicted octanol–water partition coefficient (Wildman–Crippen LogP) is 1.28. The number of nitrogens with zero attached hydrogens (tertiary/aromatic N) is 2. The summed E-state index contributed by atoms with van der Waals surface area (Å²) >= 11 is 0. The molecule has 0 bridgehead atoms. The quantitative estimate of drug-likeness (QED) is 0.803. The van der Waals surface area contributed by atoms with E-state index in [0.717, 1.165) is 0 Å². The number of methoxy groups -OCH3 is 1. The zero-order valence-electron chi connectivity index (χ0n) is 8.39. The molecule has 0 aliphatic rings. The monoisotopic (exact) mass is 206 g/mol. The topological polar surface area (TPSA) is 64.3 Å². The van der Waals surface area contributed by atoms with Crippen molar-refractivity contribution in [1.82, 2.24) is 9.55 Å². The molecule has 15 heavy (non-hydrogen) atoms. The molecule has 0 aliphatic heterocycles. The van der Waals surface area contributed by atoms with Gasteiger partial charge in [0.25, 0.3) is 6.01 Å². The second-order valence-electron chi connectivity index (χ2n) is 3.14. The van der Waals surface area contributed by atoms with Gasteiger partial charge in [0.2, 0.25) is 0 Å². The molecule has 1 N–H and O–H groups in total. The number of carboxylic acids is 1. The van der Waals surface area contributed by atoms with Gasteiger partial charge in [-0.25, -0.2) is 4.79 Å². The van der Waals surface area contributed by atoms with E-state index in [1.54, 1.807) is 29.8 Å². The standard InChI is InChI=1S/C10H10N2O3/c1-12-8-6(9(13)14)4-3-5-7(8)11-10(12)15-2/h3-5H,1-2H3,(H,13,14). The van der Waals surface area contributed by atoms with Crippen molar-refractivity contribution >= 4 is 17.0 Å². The van der Waals surface area contributed by atoms with Crippen LogP contribution in [0.1, 0.15) is 10.4 Å². The first kappa shape index (κ1) is 9.51. The minimum atomic E-state index is -0.966. The van der Waals surface area contributed by atoms with Gasteiger partial charge in [0, 0.05) is 7.05 Å². The number of imidazole rings is 1. The summed E-state index contributed by atoms with van der Waals surface area (Å²) in [5.74, 6) is -0.966. The third kappa shape index (κ3) is 1.32. The third-order valence-corrected chi connectivity index (χ3v) is 2.27. The Kier molecular flexibility index (Phi) is 2.07. The number of aromatic carboxylic acids is 1. The van der Waals surface area contributed by atoms with Crippen molar-refractivity contribution in [3.8, 4) is 6.01 Å². The SMILES string of the molecule is COc1nc2cccc(C(=O)O)c2n1C. The van der Waals surface area contributed by atoms with Crippen LogP contribution in [0.4, 0.5) is 0 Å². The van der Waals surface area contributed by atoms with Crippen LogP contribution in [0, 0.1) is 0 Å². The van der Waals surface area contributed by atoms with E-state index in [2.05, 4.69) is 4.98 Å². The molecule has 1 aromatic heterocycles. The summed E-state index contributed by atoms with van der Waals surface area (Å²) in [6.45, 7) is 0. The number of aryl methyl sites for hydroxylation is 1. The molecule has 78 valence electrons. The Morgan fingerprint density at radius 1 is 1.53 bits per heavy atom. The van der Waals surface area contributed by atoms with Gasteiger partial charge in [-0.2, -0.15) is 4.98 Å². The third-order valence-electron chi connectivity index (χ3n) is 2.27. The number of fused-ring (bicyclic) bond motifs is 1. The highest BCUT2D eigenvalue weighted by Crippen LogP contribution is 2.22. The van der Waals surface area contributed by atoms with Gasteiger partial charge in [0.1, 0.15) is 0 Å². The lowest BCUT2D eigenvalue weighted by Crippen LogP contribution is -2.01. The first-order valence-corrected chi connectivity index (χ1v) is 4.38. The van der Waals surface area contributed by atoms with Gasteiger partial charge in [-0.15, -0.1) is 0 Å². The smallest absolute Gasteiger partial charge is 0.337 e. The molecule has 0 unspecified atom stereocenters. The molecule has 0 radical (unpaired) electrons. The molecule has 0 spiro atoms. The van der Waals surface area contributed by atoms with E-state index in [1.165, 1.54) is 7.11 Å². The molecule has 2 rings (SSSR count). The first-order chi connectivity index (χ1) is 7.15. The summed E-state index contributed by atoms with van der Waals surface area (Å²) in [6.07, 6.45) is 0. The van der Waals surface area contributed by atoms with Gasteiger partial charge in [-0.05, 0) is 12.1 Å². The number of carboxylic acid groups (broad SMARTS) is 1. The second-order valence-corrected chi connectivity index (χ2v) is 3.14. The van der Waals surface area contributed by atoms with Crippen LogP contribution in [0.2, 0.25) is 0 Å². The fraction of sp³-hybridized carbons (Fsp3) is 0.200. The van der Waals surface area contributed by atoms with Crippen molar-refractivity contribution in [1.29, 1.82) is 0 Å². The molecule has 0 atom stereocenters. The average molecular weight is 206 g/mol. The Bertz CT molecular complexity index is 531. The summed E-state index contributed by atoms with van der Waals surface area (Å²) in [5, 5.41) is 9.01. The minimum absolute atomic E-state index is 0.228. The fourth-order valence-corrected chi connectivity index (χ4v) is 1.60. The van der Waals surface area contributed by atoms with Crippen LogP contribution in [-0.4, -0.2) is 27.7 Å². The Hall–Kier alpha value is -2.04. The van der Waals surface area contributed by atoms with Crippen LogP contribution in [0.25, 0.3) is 11.0 Å². The van der Waals surface area contributed by atoms with Gasteiger partial charge in [0.15, 0.2) is 0 Å². The van der Waals surface area contributed by atoms with Crippen LogP contribution in [0.15, 0.2) is 18.2 Å². The number of rotatable bonds is 2. The highest BCUT2D eigenvalue weighted by molar-refractivity contribution is 6.01. The second kappa shape index (κ2) is 3.27. The van der Waals surface area contributed by atoms with Crippen molar-refractivity contribution in [3.05, 3.63) is 23.8 Å². The highest BCUT2D eigenvalue weighted by Gasteiger charge is 2.15. The molecule has 2 aromatic rings. The molecule has 1 heterocycles. The van der Waals surface area contributed by atoms with Gasteiger partial charge < -0.3 is 9.84 Å². The molecule has 1 aromatic carbocycles. The normalized spacial score (nSPS) is 10.5. The largest absolute Gasteiger partial charge is 0.478 e. The number of hydrogen-bond donors (Lipinski definition) is 1. The minimum Gasteiger partial charge on any atom is -0.478 e. The Morgan fingerprint density at radius 2 is 2.27 bits per heavy atom. The zero-order valence-corrected chi connectivity index (χ0v) is 8.39. The highest BCUT2D eigenvalue weighted by atomic mass is 16.5. The van der Waals surface area contributed by atoms with E-state index in [9.17, 15) is 4.79 Å². The number of hydrogen-bond acceptors (Lipinski definition) is 3. The van der Waals surface area contributed by atoms with Crippen LogP contribution in [0.5, 0.6) is 6.01 Å². The van der Waals surface area contributed by atoms with Crippen molar-refractivity contribution in [2.75, 3.05) is 7.11 Å². The lowest BCUT2D eigenvalue weighted by molar-refractivity contribution is 0.0698. The van der Waals surface area contributed by atoms with Crippen molar-refractivity contribution in [3.63, 3.8) is 0 Å². The van der Waals surface area contributed by atoms with Gasteiger partial charge in [0.05, 0.1) is 23.7 Å². The number of benzene rings is 1. The molecule has 0 saturated carbocycles. The molecule has 0 saturated heterocycles. The van der Waals surface area contributed by atoms with E-state index < -0.39 is 5.97 Å². The summed E-state index contributed by atoms with van der Waals surface area (Å²) in [7, 11) is 3.22. The van der Waals surface area contributed by atoms with E-state index in [0.29, 0.717) is 17.0 Å². The van der Waals surface area contributed by atoms with E-state index in [1.807, 2.05) is 0 Å². The fourth-order valence-electron chi connectivity index (χ4n) is 1.60. The molecular weight excluding hydrogens is 196 g/mol. The van der Waals surface area contributed by atoms with Crippen molar-refractivity contribution in [2.45, 2.75) is 0 Å². The molecular formula is C10H10N2O3. The van der Waals surface area contributed by atoms with Crippen LogP contribution in [-0.2, 0) is 7.05 Å². The number of para-hydroxylation sites is 1. The van der Waals surface area contributed by atoms with E-state index in [4.69, 9.17) is 9.84 Å². The van der Waals surface area contributed by atoms with Crippen LogP contribution >= 0.6 is 0 Å². The molecule has 5 heteroatoms. The summed E-state index contributed by atoms with van der Waals surface area (Å²) < 4.78 is 6.65. The maximum atomic E-state index is 11.0. The Labute approximate surface area is 85.9 Å². The summed E-state index contributed by atoms with van der Waals surface area (Å²) in [5.41, 5.74) is 1.42. The number of ether oxygens (including phenoxy) is 1. The van der Waals surface area contributed by atoms with Crippen LogP contribution in [0.3, 0.4) is 0 Å². The van der Waals surface area contributed by atoms with Crippen LogP contribution < -0.4 is 4.74 Å². The number of carbonyl (C=O) groups is 1. The predicted molar refractivity (Wildman–Crippen MR) is 54.2 cm³/mol. The van der Waals surface area contributed by atoms with Gasteiger partial charge in [-0.1, -0.05) is 6.07 Å². The summed E-state index contributed by atoms with van der Waals surface area (Å²) in [6, 6.07) is 5.37. The van der Waals surface area contributed by atoms with Gasteiger partial charge >= 0.3 is 5.97 Å². The molecule has 0 aliphatic carbocycles. The maximum absolute atomic E-state index is 11.0. The zero-order chi connectivity index (χ0) is 11.0. The van der Waals surface area contributed by atoms with Gasteiger partial charge in [-0.3, -0.25) is 4.57 Å². The number of aromatic nitrogens is 2.